The summed E-state index contributed by atoms with van der Waals surface area (Å²) in [6, 6.07) is 0.598. The smallest absolute Gasteiger partial charge is 0.321 e. The second-order valence-corrected chi connectivity index (χ2v) is 4.81. The summed E-state index contributed by atoms with van der Waals surface area (Å²) in [7, 11) is 0. The molecule has 0 spiro atoms. The van der Waals surface area contributed by atoms with Crippen molar-refractivity contribution in [2.24, 2.45) is 5.92 Å². The van der Waals surface area contributed by atoms with Gasteiger partial charge in [0, 0.05) is 12.5 Å². The average Bonchev–Trinajstić information content (AvgIpc) is 3.08. The van der Waals surface area contributed by atoms with Crippen LogP contribution in [0.25, 0.3) is 0 Å². The molecule has 1 aromatic heterocycles. The summed E-state index contributed by atoms with van der Waals surface area (Å²) in [6.07, 6.45) is 4.90. The molecule has 0 amide bonds. The van der Waals surface area contributed by atoms with Crippen LogP contribution in [0.2, 0.25) is 0 Å². The fourth-order valence-corrected chi connectivity index (χ4v) is 2.13. The highest BCUT2D eigenvalue weighted by molar-refractivity contribution is 5.20. The number of anilines is 1. The predicted octanol–water partition coefficient (Wildman–Crippen LogP) is 1.36. The van der Waals surface area contributed by atoms with E-state index < -0.39 is 0 Å². The van der Waals surface area contributed by atoms with E-state index in [1.165, 1.54) is 25.7 Å². The first-order chi connectivity index (χ1) is 7.92. The maximum absolute atomic E-state index is 5.17. The molecular weight excluding hydrogens is 204 g/mol. The lowest BCUT2D eigenvalue weighted by Gasteiger charge is -2.22. The van der Waals surface area contributed by atoms with Crippen molar-refractivity contribution >= 4 is 6.01 Å². The van der Waals surface area contributed by atoms with Crippen LogP contribution >= 0.6 is 0 Å². The van der Waals surface area contributed by atoms with Crippen molar-refractivity contribution in [2.45, 2.75) is 31.6 Å². The zero-order chi connectivity index (χ0) is 10.8. The van der Waals surface area contributed by atoms with E-state index in [4.69, 9.17) is 4.52 Å². The van der Waals surface area contributed by atoms with Crippen molar-refractivity contribution < 1.29 is 4.52 Å². The molecular formula is C11H18N4O. The minimum absolute atomic E-state index is 0.568. The molecule has 0 aromatic carbocycles. The van der Waals surface area contributed by atoms with Gasteiger partial charge >= 0.3 is 6.01 Å². The molecule has 0 unspecified atom stereocenters. The summed E-state index contributed by atoms with van der Waals surface area (Å²) in [5, 5.41) is 10.6. The van der Waals surface area contributed by atoms with Gasteiger partial charge in [-0.25, -0.2) is 0 Å². The van der Waals surface area contributed by atoms with Gasteiger partial charge in [0.15, 0.2) is 5.82 Å². The zero-order valence-electron chi connectivity index (χ0n) is 9.41. The molecule has 0 radical (unpaired) electrons. The summed E-state index contributed by atoms with van der Waals surface area (Å²) >= 11 is 0. The molecule has 2 aliphatic rings. The van der Waals surface area contributed by atoms with E-state index in [0.717, 1.165) is 31.4 Å². The Balaban J connectivity index is 1.49. The summed E-state index contributed by atoms with van der Waals surface area (Å²) in [5.41, 5.74) is 0. The van der Waals surface area contributed by atoms with E-state index in [0.29, 0.717) is 11.9 Å². The molecule has 1 aromatic rings. The van der Waals surface area contributed by atoms with E-state index in [1.54, 1.807) is 0 Å². The topological polar surface area (TPSA) is 63.0 Å². The van der Waals surface area contributed by atoms with E-state index >= 15 is 0 Å². The molecule has 2 heterocycles. The van der Waals surface area contributed by atoms with Crippen LogP contribution < -0.4 is 10.6 Å². The molecule has 1 aliphatic heterocycles. The number of aromatic nitrogens is 2. The predicted molar refractivity (Wildman–Crippen MR) is 60.4 cm³/mol. The maximum Gasteiger partial charge on any atom is 0.321 e. The Morgan fingerprint density at radius 3 is 2.81 bits per heavy atom. The lowest BCUT2D eigenvalue weighted by Crippen LogP contribution is -2.31. The van der Waals surface area contributed by atoms with Crippen molar-refractivity contribution in [3.8, 4) is 0 Å². The highest BCUT2D eigenvalue weighted by atomic mass is 16.5. The lowest BCUT2D eigenvalue weighted by atomic mass is 9.98. The van der Waals surface area contributed by atoms with Crippen LogP contribution in [0.15, 0.2) is 4.52 Å². The highest BCUT2D eigenvalue weighted by Gasteiger charge is 2.28. The van der Waals surface area contributed by atoms with E-state index in [1.807, 2.05) is 0 Å². The monoisotopic (exact) mass is 222 g/mol. The van der Waals surface area contributed by atoms with Gasteiger partial charge in [0.2, 0.25) is 0 Å². The van der Waals surface area contributed by atoms with Crippen molar-refractivity contribution in [2.75, 3.05) is 25.0 Å². The first kappa shape index (κ1) is 10.1. The number of hydrogen-bond acceptors (Lipinski definition) is 5. The van der Waals surface area contributed by atoms with Crippen LogP contribution in [0.1, 0.15) is 37.4 Å². The van der Waals surface area contributed by atoms with Crippen LogP contribution in [-0.2, 0) is 0 Å². The van der Waals surface area contributed by atoms with Crippen molar-refractivity contribution in [1.29, 1.82) is 0 Å². The van der Waals surface area contributed by atoms with Crippen molar-refractivity contribution in [3.63, 3.8) is 0 Å². The van der Waals surface area contributed by atoms with Gasteiger partial charge in [-0.1, -0.05) is 5.16 Å². The minimum atomic E-state index is 0.568. The van der Waals surface area contributed by atoms with Gasteiger partial charge in [-0.2, -0.15) is 4.98 Å². The van der Waals surface area contributed by atoms with Crippen LogP contribution in [0, 0.1) is 5.92 Å². The Bertz CT molecular complexity index is 342. The minimum Gasteiger partial charge on any atom is -0.337 e. The maximum atomic E-state index is 5.17. The van der Waals surface area contributed by atoms with Crippen LogP contribution in [0.4, 0.5) is 6.01 Å². The van der Waals surface area contributed by atoms with Gasteiger partial charge < -0.3 is 15.2 Å². The Labute approximate surface area is 95.0 Å². The van der Waals surface area contributed by atoms with Gasteiger partial charge in [-0.15, -0.1) is 0 Å². The fourth-order valence-electron chi connectivity index (χ4n) is 2.13. The molecule has 5 heteroatoms. The van der Waals surface area contributed by atoms with Crippen LogP contribution in [0.3, 0.4) is 0 Å². The third-order valence-corrected chi connectivity index (χ3v) is 3.38. The first-order valence-electron chi connectivity index (χ1n) is 6.20. The molecule has 3 rings (SSSR count). The third-order valence-electron chi connectivity index (χ3n) is 3.38. The Morgan fingerprint density at radius 1 is 1.25 bits per heavy atom. The van der Waals surface area contributed by atoms with Crippen molar-refractivity contribution in [3.05, 3.63) is 5.82 Å². The van der Waals surface area contributed by atoms with Gasteiger partial charge in [0.25, 0.3) is 0 Å². The van der Waals surface area contributed by atoms with E-state index in [2.05, 4.69) is 20.8 Å². The Kier molecular flexibility index (Phi) is 2.78. The van der Waals surface area contributed by atoms with Crippen LogP contribution in [0.5, 0.6) is 0 Å². The van der Waals surface area contributed by atoms with Crippen LogP contribution in [-0.4, -0.2) is 29.8 Å². The largest absolute Gasteiger partial charge is 0.337 e. The standard InChI is InChI=1S/C11H18N4O/c1-2-9(1)10-14-11(16-15-10)13-7-8-3-5-12-6-4-8/h8-9,12H,1-7H2,(H,13,14,15). The number of rotatable bonds is 4. The van der Waals surface area contributed by atoms with Crippen molar-refractivity contribution in [1.82, 2.24) is 15.5 Å². The molecule has 0 bridgehead atoms. The number of piperidine rings is 1. The van der Waals surface area contributed by atoms with Gasteiger partial charge in [-0.05, 0) is 44.7 Å². The molecule has 1 saturated heterocycles. The second-order valence-electron chi connectivity index (χ2n) is 4.81. The SMILES string of the molecule is C1CC(CNc2nc(C3CC3)no2)CCN1. The van der Waals surface area contributed by atoms with Gasteiger partial charge in [-0.3, -0.25) is 0 Å². The average molecular weight is 222 g/mol. The van der Waals surface area contributed by atoms with E-state index in [-0.39, 0.29) is 0 Å². The number of nitrogens with zero attached hydrogens (tertiary/aromatic N) is 2. The normalized spacial score (nSPS) is 22.2. The summed E-state index contributed by atoms with van der Waals surface area (Å²) in [6.45, 7) is 3.21. The molecule has 88 valence electrons. The van der Waals surface area contributed by atoms with Gasteiger partial charge in [0.1, 0.15) is 0 Å². The first-order valence-corrected chi connectivity index (χ1v) is 6.20. The number of nitrogens with one attached hydrogen (secondary N) is 2. The zero-order valence-corrected chi connectivity index (χ0v) is 9.41. The molecule has 1 aliphatic carbocycles. The summed E-state index contributed by atoms with van der Waals surface area (Å²) in [5.74, 6) is 2.18. The Morgan fingerprint density at radius 2 is 2.06 bits per heavy atom. The number of hydrogen-bond donors (Lipinski definition) is 2. The molecule has 0 atom stereocenters. The fraction of sp³-hybridized carbons (Fsp3) is 0.818. The molecule has 5 nitrogen and oxygen atoms in total. The molecule has 2 N–H and O–H groups in total. The molecule has 16 heavy (non-hydrogen) atoms. The summed E-state index contributed by atoms with van der Waals surface area (Å²) in [4.78, 5) is 4.35. The quantitative estimate of drug-likeness (QED) is 0.805. The summed E-state index contributed by atoms with van der Waals surface area (Å²) < 4.78 is 5.17. The van der Waals surface area contributed by atoms with Gasteiger partial charge in [0.05, 0.1) is 0 Å². The molecule has 1 saturated carbocycles. The third kappa shape index (κ3) is 2.35. The highest BCUT2D eigenvalue weighted by Crippen LogP contribution is 2.38. The molecule has 2 fully saturated rings. The van der Waals surface area contributed by atoms with E-state index in [9.17, 15) is 0 Å². The lowest BCUT2D eigenvalue weighted by molar-refractivity contribution is 0.379. The second kappa shape index (κ2) is 4.41. The Hall–Kier alpha value is -1.10.